The van der Waals surface area contributed by atoms with Gasteiger partial charge >= 0.3 is 12.4 Å². The second kappa shape index (κ2) is 38.5. The fourth-order valence-electron chi connectivity index (χ4n) is 17.9. The molecular weight excluding hydrogens is 1470 g/mol. The summed E-state index contributed by atoms with van der Waals surface area (Å²) in [6, 6.07) is -11.2. The van der Waals surface area contributed by atoms with Gasteiger partial charge in [0, 0.05) is 87.7 Å². The van der Waals surface area contributed by atoms with Crippen molar-refractivity contribution >= 4 is 82.6 Å². The molecular formula is C76H118F8N12O13S. The Labute approximate surface area is 645 Å². The van der Waals surface area contributed by atoms with E-state index >= 15 is 47.1 Å². The summed E-state index contributed by atoms with van der Waals surface area (Å²) in [4.78, 5) is 193. The molecule has 0 aromatic carbocycles. The van der Waals surface area contributed by atoms with E-state index in [9.17, 15) is 45.5 Å². The Balaban J connectivity index is 1.20. The Hall–Kier alpha value is -6.61. The first-order valence-electron chi connectivity index (χ1n) is 39.7. The molecule has 622 valence electrons. The van der Waals surface area contributed by atoms with Crippen LogP contribution in [-0.4, -0.2) is 300 Å². The Morgan fingerprint density at radius 3 is 1.82 bits per heavy atom. The molecule has 4 saturated carbocycles. The number of alkyl halides is 8. The molecule has 110 heavy (non-hydrogen) atoms. The van der Waals surface area contributed by atoms with E-state index in [2.05, 4.69) is 16.0 Å². The quantitative estimate of drug-likeness (QED) is 0.160. The summed E-state index contributed by atoms with van der Waals surface area (Å²) in [7, 11) is 11.1. The van der Waals surface area contributed by atoms with Crippen LogP contribution < -0.4 is 16.0 Å². The number of nitrogens with zero attached hydrogens (tertiary/aromatic N) is 9. The molecule has 4 saturated heterocycles. The first kappa shape index (κ1) is 88.9. The summed E-state index contributed by atoms with van der Waals surface area (Å²) in [5.41, 5.74) is -1.69. The van der Waals surface area contributed by atoms with E-state index in [0.29, 0.717) is 64.2 Å². The molecule has 4 heterocycles. The van der Waals surface area contributed by atoms with E-state index < -0.39 is 230 Å². The summed E-state index contributed by atoms with van der Waals surface area (Å²) < 4.78 is 121. The fraction of sp³-hybridized carbons (Fsp3) is 0.842. The molecule has 8 fully saturated rings. The van der Waals surface area contributed by atoms with Crippen LogP contribution in [-0.2, 0) is 62.3 Å². The summed E-state index contributed by atoms with van der Waals surface area (Å²) in [5.74, 6) is -15.7. The number of carbonyl (C=O) groups is 12. The van der Waals surface area contributed by atoms with E-state index in [1.54, 1.807) is 32.5 Å². The number of amides is 12. The number of nitrogens with one attached hydrogen (secondary N) is 3. The third-order valence-electron chi connectivity index (χ3n) is 25.0. The van der Waals surface area contributed by atoms with E-state index in [0.717, 1.165) is 31.8 Å². The molecule has 25 nitrogen and oxygen atoms in total. The van der Waals surface area contributed by atoms with Crippen molar-refractivity contribution in [2.24, 2.45) is 35.5 Å². The molecule has 2 bridgehead atoms. The van der Waals surface area contributed by atoms with Gasteiger partial charge in [-0.15, -0.1) is 0 Å². The highest BCUT2D eigenvalue weighted by Crippen LogP contribution is 2.46. The minimum absolute atomic E-state index is 0.0108. The molecule has 1 spiro atoms. The van der Waals surface area contributed by atoms with Gasteiger partial charge in [0.2, 0.25) is 70.9 Å². The Kier molecular flexibility index (Phi) is 31.1. The molecule has 12 amide bonds. The lowest BCUT2D eigenvalue weighted by molar-refractivity contribution is -0.219. The summed E-state index contributed by atoms with van der Waals surface area (Å²) in [6.45, 7) is 3.44. The van der Waals surface area contributed by atoms with Gasteiger partial charge in [0.05, 0.1) is 31.5 Å². The monoisotopic (exact) mass is 1590 g/mol. The zero-order chi connectivity index (χ0) is 81.2. The lowest BCUT2D eigenvalue weighted by Crippen LogP contribution is -2.68. The third-order valence-corrected chi connectivity index (χ3v) is 26.5. The predicted octanol–water partition coefficient (Wildman–Crippen LogP) is 6.81. The predicted molar refractivity (Wildman–Crippen MR) is 392 cm³/mol. The maximum atomic E-state index is 15.6. The molecule has 3 N–H and O–H groups in total. The van der Waals surface area contributed by atoms with Crippen LogP contribution in [0.2, 0.25) is 0 Å². The van der Waals surface area contributed by atoms with Crippen molar-refractivity contribution in [2.45, 2.75) is 278 Å². The maximum absolute atomic E-state index is 15.6. The topological polar surface area (TPSA) is 279 Å². The van der Waals surface area contributed by atoms with Crippen LogP contribution in [0.1, 0.15) is 188 Å². The molecule has 13 atom stereocenters. The highest BCUT2D eigenvalue weighted by atomic mass is 32.2. The highest BCUT2D eigenvalue weighted by molar-refractivity contribution is 8.00. The number of likely N-dealkylation sites (N-methyl/N-ethyl adjacent to an activating group) is 7. The van der Waals surface area contributed by atoms with Gasteiger partial charge < -0.3 is 64.8 Å². The van der Waals surface area contributed by atoms with Crippen molar-refractivity contribution in [1.29, 1.82) is 0 Å². The highest BCUT2D eigenvalue weighted by Gasteiger charge is 2.56. The average molecular weight is 1590 g/mol. The van der Waals surface area contributed by atoms with Crippen molar-refractivity contribution in [3.63, 3.8) is 0 Å². The summed E-state index contributed by atoms with van der Waals surface area (Å²) in [6.07, 6.45) is -13.5. The van der Waals surface area contributed by atoms with Crippen LogP contribution in [0.5, 0.6) is 0 Å². The summed E-state index contributed by atoms with van der Waals surface area (Å²) >= 11 is 1.62. The molecule has 0 aromatic rings. The minimum Gasteiger partial charge on any atom is -0.377 e. The second-order valence-electron chi connectivity index (χ2n) is 32.7. The van der Waals surface area contributed by atoms with E-state index in [4.69, 9.17) is 4.74 Å². The molecule has 8 aliphatic rings. The zero-order valence-corrected chi connectivity index (χ0v) is 66.6. The molecule has 34 heteroatoms. The maximum Gasteiger partial charge on any atom is 0.397 e. The Bertz CT molecular complexity index is 3250. The van der Waals surface area contributed by atoms with Gasteiger partial charge in [0.25, 0.3) is 0 Å². The average Bonchev–Trinajstić information content (AvgIpc) is 1.58. The van der Waals surface area contributed by atoms with E-state index in [1.165, 1.54) is 80.9 Å². The van der Waals surface area contributed by atoms with Crippen LogP contribution in [0.3, 0.4) is 0 Å². The van der Waals surface area contributed by atoms with Gasteiger partial charge in [0.1, 0.15) is 72.1 Å². The van der Waals surface area contributed by atoms with Gasteiger partial charge in [-0.2, -0.15) is 38.1 Å². The number of hydrogen-bond acceptors (Lipinski definition) is 14. The van der Waals surface area contributed by atoms with Gasteiger partial charge in [0.15, 0.2) is 0 Å². The van der Waals surface area contributed by atoms with Gasteiger partial charge in [-0.3, -0.25) is 57.5 Å². The van der Waals surface area contributed by atoms with Crippen molar-refractivity contribution in [3.8, 4) is 0 Å². The molecule has 4 aliphatic heterocycles. The number of halogens is 8. The van der Waals surface area contributed by atoms with Crippen LogP contribution in [0, 0.1) is 35.5 Å². The number of fused-ring (bicyclic) bond motifs is 3. The lowest BCUT2D eigenvalue weighted by Gasteiger charge is -2.46. The minimum atomic E-state index is -5.21. The molecule has 0 aromatic heterocycles. The molecule has 0 radical (unpaired) electrons. The van der Waals surface area contributed by atoms with Gasteiger partial charge in [-0.25, -0.2) is 8.78 Å². The first-order chi connectivity index (χ1) is 51.7. The smallest absolute Gasteiger partial charge is 0.377 e. The third kappa shape index (κ3) is 21.4. The molecule has 3 unspecified atom stereocenters. The Morgan fingerprint density at radius 2 is 1.25 bits per heavy atom. The van der Waals surface area contributed by atoms with Crippen LogP contribution >= 0.6 is 11.8 Å². The lowest BCUT2D eigenvalue weighted by atomic mass is 9.74. The SMILES string of the molecule is CCO[C@@H]1C[C@H]2C(=O)NC3(CCC3)C(=O)N(C)[C@@H](C3CCCC3)C(=O)N(C)[C@H](C(=O)N(C)C)CC(=O)N(C)[C@@H](CC3CCCS3)C(=O)N[C@@H]([C@@H](C)CC)C(=O)N(C)CC(=O)N(C)[C@H]3CCCCCN(C3=O)[C@@H](CC3CCC(C(F)(F)F)CC3)C(=O)N(C)CC(=O)N[C@@H](CCC3CC(F)C(C(F)(F)F)C(F)C3)C(=O)N2C1. The Morgan fingerprint density at radius 1 is 0.609 bits per heavy atom. The number of ether oxygens (including phenoxy) is 1. The van der Waals surface area contributed by atoms with Crippen molar-refractivity contribution in [1.82, 2.24) is 60.0 Å². The van der Waals surface area contributed by atoms with Crippen molar-refractivity contribution < 1.29 is 97.4 Å². The van der Waals surface area contributed by atoms with Crippen molar-refractivity contribution in [2.75, 3.05) is 94.9 Å². The van der Waals surface area contributed by atoms with Gasteiger partial charge in [-0.05, 0) is 158 Å². The standard InChI is InChI=1S/C76H118F8N12O13S/c1-12-44(3)63-71(106)90(7)43-61(99)91(8)54-24-15-14-18-33-95(70(54)105)58(37-45-25-28-48(29-26-45)75(79,80)81)69(104)89(6)42-59(97)85-53(30-27-46-35-51(77)62(52(78)36-46)76(82,83)84)67(102)96-41-49(109-13-2)38-56(96)66(101)87-74(31-20-32-74)73(108)94(11)64(47-21-16-17-22-47)72(107)93(10)57(68(103)88(4)5)40-60(98)92(9)55(65(100)86-63)39-50-23-19-34-110-50/h44-58,62-64H,12-43H2,1-11H3,(H,85,97)(H,86,100)(H,87,101)/t44-,45?,46?,48?,49+,50?,51?,52?,53-,54-,55-,56-,57-,58-,62?,63-,64-/m0/s1. The molecule has 8 rings (SSSR count). The molecule has 4 aliphatic carbocycles. The van der Waals surface area contributed by atoms with Crippen LogP contribution in [0.15, 0.2) is 0 Å². The number of rotatable bonds is 13. The first-order valence-corrected chi connectivity index (χ1v) is 40.7. The van der Waals surface area contributed by atoms with E-state index in [-0.39, 0.29) is 95.6 Å². The zero-order valence-electron chi connectivity index (χ0n) is 65.8. The second-order valence-corrected chi connectivity index (χ2v) is 34.2. The number of carbonyl (C=O) groups excluding carboxylic acids is 12. The van der Waals surface area contributed by atoms with E-state index in [1.807, 2.05) is 0 Å². The number of thioether (sulfide) groups is 1. The largest absolute Gasteiger partial charge is 0.397 e. The fourth-order valence-corrected chi connectivity index (χ4v) is 19.3. The summed E-state index contributed by atoms with van der Waals surface area (Å²) in [5, 5.41) is 8.39. The van der Waals surface area contributed by atoms with Crippen molar-refractivity contribution in [3.05, 3.63) is 0 Å². The van der Waals surface area contributed by atoms with Crippen LogP contribution in [0.4, 0.5) is 35.1 Å². The van der Waals surface area contributed by atoms with Gasteiger partial charge in [-0.1, -0.05) is 46.0 Å². The normalized spacial score (nSPS) is 32.8. The van der Waals surface area contributed by atoms with Crippen LogP contribution in [0.25, 0.3) is 0 Å². The number of hydrogen-bond donors (Lipinski definition) is 3.